The first-order chi connectivity index (χ1) is 12.9. The number of ether oxygens (including phenoxy) is 1. The number of halogens is 2. The van der Waals surface area contributed by atoms with Crippen LogP contribution < -0.4 is 15.0 Å². The predicted molar refractivity (Wildman–Crippen MR) is 103 cm³/mol. The van der Waals surface area contributed by atoms with Crippen molar-refractivity contribution >= 4 is 52.8 Å². The number of anilines is 1. The Morgan fingerprint density at radius 1 is 1.07 bits per heavy atom. The number of amides is 4. The minimum Gasteiger partial charge on any atom is -0.492 e. The van der Waals surface area contributed by atoms with E-state index in [1.54, 1.807) is 30.3 Å². The average Bonchev–Trinajstić information content (AvgIpc) is 2.62. The molecule has 2 aromatic carbocycles. The molecule has 2 aromatic rings. The summed E-state index contributed by atoms with van der Waals surface area (Å²) in [5.41, 5.74) is 0.627. The van der Waals surface area contributed by atoms with Crippen molar-refractivity contribution in [3.8, 4) is 5.75 Å². The minimum absolute atomic E-state index is 0.190. The van der Waals surface area contributed by atoms with Crippen LogP contribution in [0.3, 0.4) is 0 Å². The van der Waals surface area contributed by atoms with E-state index < -0.39 is 17.8 Å². The number of barbiturate groups is 1. The van der Waals surface area contributed by atoms with E-state index in [4.69, 9.17) is 27.9 Å². The fourth-order valence-electron chi connectivity index (χ4n) is 2.53. The molecule has 8 heteroatoms. The van der Waals surface area contributed by atoms with Crippen LogP contribution in [0.4, 0.5) is 10.5 Å². The summed E-state index contributed by atoms with van der Waals surface area (Å²) in [4.78, 5) is 38.0. The Labute approximate surface area is 165 Å². The highest BCUT2D eigenvalue weighted by Crippen LogP contribution is 2.28. The van der Waals surface area contributed by atoms with Gasteiger partial charge in [-0.1, -0.05) is 29.3 Å². The highest BCUT2D eigenvalue weighted by atomic mass is 35.5. The topological polar surface area (TPSA) is 75.7 Å². The zero-order chi connectivity index (χ0) is 19.6. The van der Waals surface area contributed by atoms with Gasteiger partial charge in [-0.2, -0.15) is 0 Å². The number of benzene rings is 2. The van der Waals surface area contributed by atoms with Gasteiger partial charge in [0.25, 0.3) is 11.8 Å². The molecule has 0 radical (unpaired) electrons. The molecule has 27 heavy (non-hydrogen) atoms. The van der Waals surface area contributed by atoms with E-state index in [-0.39, 0.29) is 5.57 Å². The number of nitrogens with zero attached hydrogens (tertiary/aromatic N) is 1. The number of carbonyl (C=O) groups excluding carboxylic acids is 3. The van der Waals surface area contributed by atoms with Gasteiger partial charge in [-0.05, 0) is 55.0 Å². The van der Waals surface area contributed by atoms with E-state index in [9.17, 15) is 14.4 Å². The highest BCUT2D eigenvalue weighted by molar-refractivity contribution is 6.39. The van der Waals surface area contributed by atoms with Gasteiger partial charge in [0, 0.05) is 5.02 Å². The Morgan fingerprint density at radius 3 is 2.41 bits per heavy atom. The zero-order valence-electron chi connectivity index (χ0n) is 14.2. The second-order valence-electron chi connectivity index (χ2n) is 5.56. The van der Waals surface area contributed by atoms with Crippen LogP contribution in [0.15, 0.2) is 48.0 Å². The summed E-state index contributed by atoms with van der Waals surface area (Å²) in [5, 5.41) is 2.96. The maximum atomic E-state index is 12.8. The maximum absolute atomic E-state index is 12.8. The van der Waals surface area contributed by atoms with E-state index in [1.165, 1.54) is 18.2 Å². The first-order valence-electron chi connectivity index (χ1n) is 8.00. The van der Waals surface area contributed by atoms with E-state index in [1.807, 2.05) is 6.92 Å². The Morgan fingerprint density at radius 2 is 1.78 bits per heavy atom. The van der Waals surface area contributed by atoms with E-state index in [0.29, 0.717) is 33.7 Å². The maximum Gasteiger partial charge on any atom is 0.335 e. The summed E-state index contributed by atoms with van der Waals surface area (Å²) in [7, 11) is 0. The summed E-state index contributed by atoms with van der Waals surface area (Å²) in [6.45, 7) is 2.29. The molecule has 4 amide bonds. The van der Waals surface area contributed by atoms with Crippen LogP contribution in [0.2, 0.25) is 10.0 Å². The average molecular weight is 405 g/mol. The fraction of sp³-hybridized carbons (Fsp3) is 0.105. The number of nitrogens with one attached hydrogen (secondary N) is 1. The van der Waals surface area contributed by atoms with Crippen LogP contribution >= 0.6 is 23.2 Å². The Hall–Kier alpha value is -2.83. The van der Waals surface area contributed by atoms with Gasteiger partial charge in [-0.3, -0.25) is 14.9 Å². The Bertz CT molecular complexity index is 955. The van der Waals surface area contributed by atoms with E-state index in [0.717, 1.165) is 4.90 Å². The number of hydrogen-bond donors (Lipinski definition) is 1. The Kier molecular flexibility index (Phi) is 5.48. The monoisotopic (exact) mass is 404 g/mol. The molecule has 3 rings (SSSR count). The van der Waals surface area contributed by atoms with Crippen molar-refractivity contribution in [3.63, 3.8) is 0 Å². The van der Waals surface area contributed by atoms with E-state index >= 15 is 0 Å². The largest absolute Gasteiger partial charge is 0.492 e. The lowest BCUT2D eigenvalue weighted by Gasteiger charge is -2.26. The quantitative estimate of drug-likeness (QED) is 0.615. The third-order valence-corrected chi connectivity index (χ3v) is 4.30. The van der Waals surface area contributed by atoms with Gasteiger partial charge in [0.1, 0.15) is 11.3 Å². The van der Waals surface area contributed by atoms with Gasteiger partial charge in [-0.15, -0.1) is 0 Å². The van der Waals surface area contributed by atoms with Crippen molar-refractivity contribution in [3.05, 3.63) is 63.6 Å². The van der Waals surface area contributed by atoms with Crippen LogP contribution in [-0.4, -0.2) is 24.5 Å². The molecular weight excluding hydrogens is 391 g/mol. The molecular formula is C19H14Cl2N2O4. The lowest BCUT2D eigenvalue weighted by atomic mass is 10.1. The van der Waals surface area contributed by atoms with Gasteiger partial charge < -0.3 is 4.74 Å². The molecule has 0 saturated carbocycles. The van der Waals surface area contributed by atoms with Gasteiger partial charge in [0.2, 0.25) is 0 Å². The number of imide groups is 2. The summed E-state index contributed by atoms with van der Waals surface area (Å²) < 4.78 is 5.36. The molecule has 1 fully saturated rings. The summed E-state index contributed by atoms with van der Waals surface area (Å²) in [5.74, 6) is -1.02. The summed E-state index contributed by atoms with van der Waals surface area (Å²) in [6.07, 6.45) is 1.37. The van der Waals surface area contributed by atoms with Crippen molar-refractivity contribution in [2.24, 2.45) is 0 Å². The molecule has 138 valence electrons. The Balaban J connectivity index is 1.96. The molecule has 0 aromatic heterocycles. The van der Waals surface area contributed by atoms with Crippen LogP contribution in [0, 0.1) is 0 Å². The van der Waals surface area contributed by atoms with Crippen molar-refractivity contribution in [1.82, 2.24) is 5.32 Å². The molecule has 1 N–H and O–H groups in total. The third-order valence-electron chi connectivity index (χ3n) is 3.75. The van der Waals surface area contributed by atoms with Gasteiger partial charge in [-0.25, -0.2) is 9.69 Å². The van der Waals surface area contributed by atoms with Crippen LogP contribution in [-0.2, 0) is 9.59 Å². The number of hydrogen-bond acceptors (Lipinski definition) is 4. The molecule has 1 heterocycles. The summed E-state index contributed by atoms with van der Waals surface area (Å²) >= 11 is 12.0. The van der Waals surface area contributed by atoms with Gasteiger partial charge >= 0.3 is 6.03 Å². The number of carbonyl (C=O) groups is 3. The zero-order valence-corrected chi connectivity index (χ0v) is 15.7. The minimum atomic E-state index is -0.825. The third kappa shape index (κ3) is 3.97. The van der Waals surface area contributed by atoms with Gasteiger partial charge in [0.15, 0.2) is 0 Å². The molecule has 0 bridgehead atoms. The second-order valence-corrected chi connectivity index (χ2v) is 6.40. The van der Waals surface area contributed by atoms with Gasteiger partial charge in [0.05, 0.1) is 17.3 Å². The van der Waals surface area contributed by atoms with E-state index in [2.05, 4.69) is 5.32 Å². The van der Waals surface area contributed by atoms with Crippen LogP contribution in [0.5, 0.6) is 5.75 Å². The lowest BCUT2D eigenvalue weighted by Crippen LogP contribution is -2.54. The predicted octanol–water partition coefficient (Wildman–Crippen LogP) is 4.06. The smallest absolute Gasteiger partial charge is 0.335 e. The fourth-order valence-corrected chi connectivity index (χ4v) is 2.90. The first-order valence-corrected chi connectivity index (χ1v) is 8.75. The second kappa shape index (κ2) is 7.82. The molecule has 1 aliphatic heterocycles. The number of rotatable bonds is 4. The molecule has 1 aliphatic rings. The molecule has 6 nitrogen and oxygen atoms in total. The SMILES string of the molecule is CCOc1ccc(/C=C2/C(=O)NC(=O)N(c3ccc(Cl)cc3)C2=O)cc1Cl. The first kappa shape index (κ1) is 18.9. The van der Waals surface area contributed by atoms with Crippen LogP contribution in [0.1, 0.15) is 12.5 Å². The normalized spacial score (nSPS) is 15.9. The molecule has 0 atom stereocenters. The standard InChI is InChI=1S/C19H14Cl2N2O4/c1-2-27-16-8-3-11(10-15(16)21)9-14-17(24)22-19(26)23(18(14)25)13-6-4-12(20)5-7-13/h3-10H,2H2,1H3,(H,22,24,26)/b14-9-. The van der Waals surface area contributed by atoms with Crippen molar-refractivity contribution in [1.29, 1.82) is 0 Å². The molecule has 0 aliphatic carbocycles. The molecule has 0 unspecified atom stereocenters. The van der Waals surface area contributed by atoms with Crippen molar-refractivity contribution in [2.45, 2.75) is 6.92 Å². The van der Waals surface area contributed by atoms with Crippen LogP contribution in [0.25, 0.3) is 6.08 Å². The number of urea groups is 1. The molecule has 1 saturated heterocycles. The van der Waals surface area contributed by atoms with Crippen molar-refractivity contribution in [2.75, 3.05) is 11.5 Å². The highest BCUT2D eigenvalue weighted by Gasteiger charge is 2.36. The summed E-state index contributed by atoms with van der Waals surface area (Å²) in [6, 6.07) is 10.2. The lowest BCUT2D eigenvalue weighted by molar-refractivity contribution is -0.122. The molecule has 0 spiro atoms. The van der Waals surface area contributed by atoms with Crippen molar-refractivity contribution < 1.29 is 19.1 Å².